The molecule has 0 saturated carbocycles. The third kappa shape index (κ3) is 3.31. The van der Waals surface area contributed by atoms with Crippen molar-refractivity contribution in [2.75, 3.05) is 19.6 Å². The first-order valence-corrected chi connectivity index (χ1v) is 8.82. The predicted octanol–water partition coefficient (Wildman–Crippen LogP) is 2.15. The van der Waals surface area contributed by atoms with Crippen molar-refractivity contribution >= 4 is 0 Å². The van der Waals surface area contributed by atoms with Crippen molar-refractivity contribution in [3.8, 4) is 0 Å². The largest absolute Gasteiger partial charge is 0.311 e. The fourth-order valence-corrected chi connectivity index (χ4v) is 3.68. The van der Waals surface area contributed by atoms with Gasteiger partial charge in [-0.15, -0.1) is 10.2 Å². The Morgan fingerprint density at radius 3 is 2.83 bits per heavy atom. The van der Waals surface area contributed by atoms with Gasteiger partial charge in [0.15, 0.2) is 0 Å². The van der Waals surface area contributed by atoms with Gasteiger partial charge < -0.3 is 9.88 Å². The van der Waals surface area contributed by atoms with Crippen molar-refractivity contribution in [3.63, 3.8) is 0 Å². The fourth-order valence-electron chi connectivity index (χ4n) is 3.68. The van der Waals surface area contributed by atoms with Crippen molar-refractivity contribution in [3.05, 3.63) is 47.5 Å². The maximum Gasteiger partial charge on any atom is 0.150 e. The zero-order valence-electron chi connectivity index (χ0n) is 13.6. The molecule has 5 nitrogen and oxygen atoms in total. The molecule has 122 valence electrons. The Morgan fingerprint density at radius 2 is 2.00 bits per heavy atom. The van der Waals surface area contributed by atoms with E-state index in [1.54, 1.807) is 0 Å². The number of benzene rings is 1. The van der Waals surface area contributed by atoms with Crippen molar-refractivity contribution in [2.45, 2.75) is 44.8 Å². The van der Waals surface area contributed by atoms with Crippen LogP contribution in [0.4, 0.5) is 0 Å². The minimum atomic E-state index is 0.404. The van der Waals surface area contributed by atoms with Gasteiger partial charge in [0, 0.05) is 19.6 Å². The van der Waals surface area contributed by atoms with Gasteiger partial charge in [0.25, 0.3) is 0 Å². The van der Waals surface area contributed by atoms with Gasteiger partial charge in [-0.2, -0.15) is 0 Å². The molecule has 2 aliphatic rings. The number of rotatable bonds is 4. The molecular weight excluding hydrogens is 286 g/mol. The molecule has 2 aromatic rings. The second-order valence-corrected chi connectivity index (χ2v) is 6.64. The molecule has 0 unspecified atom stereocenters. The number of hydrogen-bond donors (Lipinski definition) is 1. The fraction of sp³-hybridized carbons (Fsp3) is 0.556. The lowest BCUT2D eigenvalue weighted by Crippen LogP contribution is -2.37. The molecule has 0 spiro atoms. The Balaban J connectivity index is 1.39. The SMILES string of the molecule is c1ccc(CCN2CCn3c(nnc3[C@@H]3CCCCN3)C2)cc1. The average molecular weight is 311 g/mol. The van der Waals surface area contributed by atoms with Gasteiger partial charge in [-0.1, -0.05) is 36.8 Å². The van der Waals surface area contributed by atoms with E-state index in [0.717, 1.165) is 50.8 Å². The Kier molecular flexibility index (Phi) is 4.39. The van der Waals surface area contributed by atoms with Crippen LogP contribution in [0.15, 0.2) is 30.3 Å². The molecule has 0 amide bonds. The molecule has 1 aromatic heterocycles. The summed E-state index contributed by atoms with van der Waals surface area (Å²) in [4.78, 5) is 2.50. The molecule has 1 fully saturated rings. The standard InChI is InChI=1S/C18H25N5/c1-2-6-15(7-3-1)9-11-22-12-13-23-17(14-22)20-21-18(23)16-8-4-5-10-19-16/h1-3,6-7,16,19H,4-5,8-14H2/t16-/m0/s1. The summed E-state index contributed by atoms with van der Waals surface area (Å²) in [5.41, 5.74) is 1.41. The highest BCUT2D eigenvalue weighted by molar-refractivity contribution is 5.15. The Hall–Kier alpha value is -1.72. The first-order valence-electron chi connectivity index (χ1n) is 8.82. The van der Waals surface area contributed by atoms with E-state index in [9.17, 15) is 0 Å². The molecule has 0 aliphatic carbocycles. The second-order valence-electron chi connectivity index (χ2n) is 6.64. The number of nitrogens with zero attached hydrogens (tertiary/aromatic N) is 4. The molecule has 1 aromatic carbocycles. The maximum atomic E-state index is 4.50. The zero-order valence-corrected chi connectivity index (χ0v) is 13.6. The van der Waals surface area contributed by atoms with Gasteiger partial charge in [-0.05, 0) is 31.4 Å². The van der Waals surface area contributed by atoms with Crippen LogP contribution in [0.2, 0.25) is 0 Å². The number of piperidine rings is 1. The van der Waals surface area contributed by atoms with E-state index < -0.39 is 0 Å². The van der Waals surface area contributed by atoms with E-state index in [2.05, 4.69) is 55.3 Å². The Morgan fingerprint density at radius 1 is 1.09 bits per heavy atom. The van der Waals surface area contributed by atoms with Crippen molar-refractivity contribution < 1.29 is 0 Å². The molecule has 4 rings (SSSR count). The number of hydrogen-bond acceptors (Lipinski definition) is 4. The van der Waals surface area contributed by atoms with Crippen LogP contribution in [0.1, 0.15) is 42.5 Å². The average Bonchev–Trinajstić information content (AvgIpc) is 3.05. The van der Waals surface area contributed by atoms with Gasteiger partial charge in [-0.25, -0.2) is 0 Å². The first kappa shape index (κ1) is 14.8. The van der Waals surface area contributed by atoms with Crippen LogP contribution in [0, 0.1) is 0 Å². The molecule has 5 heteroatoms. The van der Waals surface area contributed by atoms with Gasteiger partial charge in [0.2, 0.25) is 0 Å². The predicted molar refractivity (Wildman–Crippen MR) is 90.0 cm³/mol. The molecule has 1 atom stereocenters. The quantitative estimate of drug-likeness (QED) is 0.940. The molecule has 1 saturated heterocycles. The summed E-state index contributed by atoms with van der Waals surface area (Å²) in [5, 5.41) is 12.6. The van der Waals surface area contributed by atoms with E-state index in [-0.39, 0.29) is 0 Å². The minimum Gasteiger partial charge on any atom is -0.311 e. The van der Waals surface area contributed by atoms with Crippen LogP contribution in [-0.2, 0) is 19.5 Å². The lowest BCUT2D eigenvalue weighted by Gasteiger charge is -2.29. The minimum absolute atomic E-state index is 0.404. The third-order valence-electron chi connectivity index (χ3n) is 5.04. The highest BCUT2D eigenvalue weighted by atomic mass is 15.3. The molecule has 23 heavy (non-hydrogen) atoms. The summed E-state index contributed by atoms with van der Waals surface area (Å²) in [6, 6.07) is 11.1. The van der Waals surface area contributed by atoms with Gasteiger partial charge >= 0.3 is 0 Å². The third-order valence-corrected chi connectivity index (χ3v) is 5.04. The van der Waals surface area contributed by atoms with Crippen LogP contribution in [0.25, 0.3) is 0 Å². The monoisotopic (exact) mass is 311 g/mol. The molecule has 0 bridgehead atoms. The van der Waals surface area contributed by atoms with E-state index in [0.29, 0.717) is 6.04 Å². The maximum absolute atomic E-state index is 4.50. The molecule has 2 aliphatic heterocycles. The summed E-state index contributed by atoms with van der Waals surface area (Å²) in [5.74, 6) is 2.29. The summed E-state index contributed by atoms with van der Waals surface area (Å²) < 4.78 is 2.35. The summed E-state index contributed by atoms with van der Waals surface area (Å²) in [7, 11) is 0. The second kappa shape index (κ2) is 6.81. The van der Waals surface area contributed by atoms with Crippen LogP contribution in [0.5, 0.6) is 0 Å². The summed E-state index contributed by atoms with van der Waals surface area (Å²) >= 11 is 0. The van der Waals surface area contributed by atoms with Gasteiger partial charge in [0.1, 0.15) is 11.6 Å². The Labute approximate surface area is 137 Å². The van der Waals surface area contributed by atoms with E-state index in [1.165, 1.54) is 24.8 Å². The lowest BCUT2D eigenvalue weighted by molar-refractivity contribution is 0.215. The lowest BCUT2D eigenvalue weighted by atomic mass is 10.0. The molecule has 1 N–H and O–H groups in total. The van der Waals surface area contributed by atoms with Gasteiger partial charge in [-0.3, -0.25) is 4.90 Å². The number of nitrogens with one attached hydrogen (secondary N) is 1. The normalized spacial score (nSPS) is 22.0. The Bertz CT molecular complexity index is 630. The summed E-state index contributed by atoms with van der Waals surface area (Å²) in [6.07, 6.45) is 4.87. The van der Waals surface area contributed by atoms with Crippen molar-refractivity contribution in [2.24, 2.45) is 0 Å². The van der Waals surface area contributed by atoms with E-state index in [4.69, 9.17) is 0 Å². The van der Waals surface area contributed by atoms with E-state index >= 15 is 0 Å². The number of aromatic nitrogens is 3. The van der Waals surface area contributed by atoms with Crippen molar-refractivity contribution in [1.82, 2.24) is 25.0 Å². The van der Waals surface area contributed by atoms with Crippen LogP contribution in [-0.4, -0.2) is 39.3 Å². The van der Waals surface area contributed by atoms with Gasteiger partial charge in [0.05, 0.1) is 12.6 Å². The zero-order chi connectivity index (χ0) is 15.5. The number of fused-ring (bicyclic) bond motifs is 1. The topological polar surface area (TPSA) is 46.0 Å². The van der Waals surface area contributed by atoms with E-state index in [1.807, 2.05) is 0 Å². The van der Waals surface area contributed by atoms with Crippen LogP contribution >= 0.6 is 0 Å². The molecular formula is C18H25N5. The smallest absolute Gasteiger partial charge is 0.150 e. The molecule has 3 heterocycles. The highest BCUT2D eigenvalue weighted by Crippen LogP contribution is 2.24. The molecule has 0 radical (unpaired) electrons. The van der Waals surface area contributed by atoms with Crippen molar-refractivity contribution in [1.29, 1.82) is 0 Å². The first-order chi connectivity index (χ1) is 11.4. The highest BCUT2D eigenvalue weighted by Gasteiger charge is 2.26. The van der Waals surface area contributed by atoms with Crippen LogP contribution < -0.4 is 5.32 Å². The van der Waals surface area contributed by atoms with Crippen LogP contribution in [0.3, 0.4) is 0 Å². The summed E-state index contributed by atoms with van der Waals surface area (Å²) in [6.45, 7) is 5.23.